The molecule has 3 amide bonds. The van der Waals surface area contributed by atoms with Crippen molar-refractivity contribution < 1.29 is 32.7 Å². The van der Waals surface area contributed by atoms with Crippen LogP contribution in [0.1, 0.15) is 6.42 Å². The molecule has 1 aliphatic heterocycles. The van der Waals surface area contributed by atoms with Crippen LogP contribution >= 0.6 is 12.4 Å². The van der Waals surface area contributed by atoms with Crippen LogP contribution in [0.5, 0.6) is 0 Å². The van der Waals surface area contributed by atoms with Gasteiger partial charge in [0.1, 0.15) is 0 Å². The first kappa shape index (κ1) is 22.7. The van der Waals surface area contributed by atoms with E-state index in [0.717, 1.165) is 0 Å². The Hall–Kier alpha value is -2.33. The standard InChI is InChI=1S/C16H18F3N3O4.ClH/c17-16(18,19)12-9-22(8-11(12)14(24)25)7-6-13(23)21-15(26)20-10-4-2-1-3-5-10;/h1-5,11-12H,6-9H2,(H,24,25)(H2,20,21,23,26);1H/t11-,12-;/m1./s1. The molecule has 3 N–H and O–H groups in total. The summed E-state index contributed by atoms with van der Waals surface area (Å²) in [6.07, 6.45) is -4.84. The van der Waals surface area contributed by atoms with Gasteiger partial charge in [0.25, 0.3) is 0 Å². The highest BCUT2D eigenvalue weighted by molar-refractivity contribution is 6.01. The molecule has 0 unspecified atom stereocenters. The number of benzene rings is 1. The van der Waals surface area contributed by atoms with Crippen molar-refractivity contribution in [2.45, 2.75) is 12.6 Å². The number of amides is 3. The minimum atomic E-state index is -4.62. The number of carboxylic acids is 1. The second-order valence-corrected chi connectivity index (χ2v) is 5.97. The first-order chi connectivity index (χ1) is 12.2. The van der Waals surface area contributed by atoms with Crippen molar-refractivity contribution in [3.63, 3.8) is 0 Å². The number of urea groups is 1. The van der Waals surface area contributed by atoms with Crippen LogP contribution in [0.2, 0.25) is 0 Å². The van der Waals surface area contributed by atoms with Gasteiger partial charge in [-0.2, -0.15) is 13.2 Å². The number of imide groups is 1. The number of carboxylic acid groups (broad SMARTS) is 1. The summed E-state index contributed by atoms with van der Waals surface area (Å²) in [7, 11) is 0. The van der Waals surface area contributed by atoms with Crippen LogP contribution in [0.3, 0.4) is 0 Å². The van der Waals surface area contributed by atoms with Gasteiger partial charge in [-0.3, -0.25) is 14.9 Å². The number of hydrogen-bond donors (Lipinski definition) is 3. The van der Waals surface area contributed by atoms with Gasteiger partial charge in [0.05, 0.1) is 11.8 Å². The lowest BCUT2D eigenvalue weighted by molar-refractivity contribution is -0.188. The molecule has 11 heteroatoms. The number of likely N-dealkylation sites (tertiary alicyclic amines) is 1. The summed E-state index contributed by atoms with van der Waals surface area (Å²) in [5, 5.41) is 13.5. The second kappa shape index (κ2) is 9.56. The fourth-order valence-electron chi connectivity index (χ4n) is 2.78. The number of carbonyl (C=O) groups excluding carboxylic acids is 2. The first-order valence-electron chi connectivity index (χ1n) is 7.84. The molecule has 0 radical (unpaired) electrons. The molecule has 1 saturated heterocycles. The number of halogens is 4. The van der Waals surface area contributed by atoms with Crippen molar-refractivity contribution >= 4 is 36.0 Å². The second-order valence-electron chi connectivity index (χ2n) is 5.97. The maximum absolute atomic E-state index is 12.9. The zero-order valence-corrected chi connectivity index (χ0v) is 14.8. The normalized spacial score (nSPS) is 19.8. The molecular formula is C16H19ClF3N3O4. The third kappa shape index (κ3) is 6.72. The fraction of sp³-hybridized carbons (Fsp3) is 0.438. The number of nitrogens with one attached hydrogen (secondary N) is 2. The van der Waals surface area contributed by atoms with E-state index in [2.05, 4.69) is 10.6 Å². The van der Waals surface area contributed by atoms with Gasteiger partial charge in [0.2, 0.25) is 5.91 Å². The van der Waals surface area contributed by atoms with Gasteiger partial charge in [-0.25, -0.2) is 4.79 Å². The smallest absolute Gasteiger partial charge is 0.393 e. The van der Waals surface area contributed by atoms with E-state index in [-0.39, 0.29) is 31.9 Å². The minimum Gasteiger partial charge on any atom is -0.481 e. The molecule has 1 heterocycles. The maximum Gasteiger partial charge on any atom is 0.393 e. The number of alkyl halides is 3. The SMILES string of the molecule is Cl.O=C(CCN1C[C@@H](C(F)(F)F)[C@H](C(=O)O)C1)NC(=O)Nc1ccccc1. The quantitative estimate of drug-likeness (QED) is 0.693. The molecular weight excluding hydrogens is 391 g/mol. The Morgan fingerprint density at radius 2 is 1.78 bits per heavy atom. The molecule has 1 fully saturated rings. The van der Waals surface area contributed by atoms with E-state index in [1.54, 1.807) is 30.3 Å². The Morgan fingerprint density at radius 3 is 2.30 bits per heavy atom. The zero-order chi connectivity index (χ0) is 19.3. The van der Waals surface area contributed by atoms with Gasteiger partial charge in [-0.15, -0.1) is 12.4 Å². The van der Waals surface area contributed by atoms with Crippen LogP contribution in [-0.2, 0) is 9.59 Å². The zero-order valence-electron chi connectivity index (χ0n) is 14.0. The lowest BCUT2D eigenvalue weighted by Gasteiger charge is -2.18. The van der Waals surface area contributed by atoms with E-state index in [9.17, 15) is 27.6 Å². The topological polar surface area (TPSA) is 98.7 Å². The Bertz CT molecular complexity index is 673. The van der Waals surface area contributed by atoms with E-state index < -0.39 is 42.5 Å². The molecule has 0 saturated carbocycles. The molecule has 1 aromatic carbocycles. The van der Waals surface area contributed by atoms with Gasteiger partial charge in [0.15, 0.2) is 0 Å². The van der Waals surface area contributed by atoms with Crippen molar-refractivity contribution in [1.29, 1.82) is 0 Å². The summed E-state index contributed by atoms with van der Waals surface area (Å²) in [6, 6.07) is 7.64. The molecule has 0 bridgehead atoms. The number of anilines is 1. The predicted molar refractivity (Wildman–Crippen MR) is 92.6 cm³/mol. The van der Waals surface area contributed by atoms with Crippen LogP contribution in [0, 0.1) is 11.8 Å². The molecule has 150 valence electrons. The third-order valence-electron chi connectivity index (χ3n) is 4.07. The Balaban J connectivity index is 0.00000364. The van der Waals surface area contributed by atoms with Gasteiger partial charge in [-0.05, 0) is 12.1 Å². The van der Waals surface area contributed by atoms with Crippen molar-refractivity contribution in [3.05, 3.63) is 30.3 Å². The summed E-state index contributed by atoms with van der Waals surface area (Å²) in [4.78, 5) is 35.7. The number of nitrogens with zero attached hydrogens (tertiary/aromatic N) is 1. The Kier molecular flexibility index (Phi) is 8.04. The van der Waals surface area contributed by atoms with Crippen LogP contribution in [-0.4, -0.2) is 53.7 Å². The molecule has 1 aromatic rings. The first-order valence-corrected chi connectivity index (χ1v) is 7.84. The van der Waals surface area contributed by atoms with Crippen LogP contribution < -0.4 is 10.6 Å². The number of hydrogen-bond acceptors (Lipinski definition) is 4. The number of para-hydroxylation sites is 1. The van der Waals surface area contributed by atoms with Crippen molar-refractivity contribution in [2.24, 2.45) is 11.8 Å². The summed E-state index contributed by atoms with van der Waals surface area (Å²) < 4.78 is 38.7. The fourth-order valence-corrected chi connectivity index (χ4v) is 2.78. The number of aliphatic carboxylic acids is 1. The van der Waals surface area contributed by atoms with E-state index in [1.165, 1.54) is 4.90 Å². The highest BCUT2D eigenvalue weighted by Crippen LogP contribution is 2.37. The lowest BCUT2D eigenvalue weighted by atomic mass is 9.96. The summed E-state index contributed by atoms with van der Waals surface area (Å²) in [5.41, 5.74) is 0.481. The van der Waals surface area contributed by atoms with Crippen molar-refractivity contribution in [2.75, 3.05) is 25.0 Å². The number of carbonyl (C=O) groups is 3. The maximum atomic E-state index is 12.9. The summed E-state index contributed by atoms with van der Waals surface area (Å²) in [5.74, 6) is -5.70. The van der Waals surface area contributed by atoms with Crippen LogP contribution in [0.15, 0.2) is 30.3 Å². The van der Waals surface area contributed by atoms with Gasteiger partial charge >= 0.3 is 18.2 Å². The third-order valence-corrected chi connectivity index (χ3v) is 4.07. The molecule has 2 rings (SSSR count). The average Bonchev–Trinajstić information content (AvgIpc) is 2.98. The molecule has 27 heavy (non-hydrogen) atoms. The van der Waals surface area contributed by atoms with Crippen LogP contribution in [0.25, 0.3) is 0 Å². The molecule has 0 aromatic heterocycles. The Morgan fingerprint density at radius 1 is 1.15 bits per heavy atom. The van der Waals surface area contributed by atoms with Crippen molar-refractivity contribution in [1.82, 2.24) is 10.2 Å². The van der Waals surface area contributed by atoms with E-state index >= 15 is 0 Å². The Labute approximate surface area is 159 Å². The molecule has 1 aliphatic rings. The lowest BCUT2D eigenvalue weighted by Crippen LogP contribution is -2.36. The van der Waals surface area contributed by atoms with Crippen LogP contribution in [0.4, 0.5) is 23.7 Å². The predicted octanol–water partition coefficient (Wildman–Crippen LogP) is 2.34. The average molecular weight is 410 g/mol. The van der Waals surface area contributed by atoms with Gasteiger partial charge < -0.3 is 15.3 Å². The van der Waals surface area contributed by atoms with Crippen molar-refractivity contribution in [3.8, 4) is 0 Å². The van der Waals surface area contributed by atoms with E-state index in [4.69, 9.17) is 5.11 Å². The van der Waals surface area contributed by atoms with E-state index in [0.29, 0.717) is 5.69 Å². The summed E-state index contributed by atoms with van der Waals surface area (Å²) in [6.45, 7) is -0.840. The minimum absolute atomic E-state index is 0. The molecule has 7 nitrogen and oxygen atoms in total. The highest BCUT2D eigenvalue weighted by Gasteiger charge is 2.52. The largest absolute Gasteiger partial charge is 0.481 e. The van der Waals surface area contributed by atoms with Gasteiger partial charge in [-0.1, -0.05) is 18.2 Å². The molecule has 0 spiro atoms. The van der Waals surface area contributed by atoms with E-state index in [1.807, 2.05) is 0 Å². The monoisotopic (exact) mass is 409 g/mol. The molecule has 2 atom stereocenters. The summed E-state index contributed by atoms with van der Waals surface area (Å²) >= 11 is 0. The molecule has 0 aliphatic carbocycles. The number of rotatable bonds is 5. The van der Waals surface area contributed by atoms with Gasteiger partial charge in [0, 0.05) is 31.7 Å². The highest BCUT2D eigenvalue weighted by atomic mass is 35.5.